The molecule has 1 rings (SSSR count). The first kappa shape index (κ1) is 11.0. The molecular formula is C9H10Br2O2. The van der Waals surface area contributed by atoms with E-state index >= 15 is 0 Å². The quantitative estimate of drug-likeness (QED) is 0.591. The molecule has 1 fully saturated rings. The third kappa shape index (κ3) is 3.27. The zero-order chi connectivity index (χ0) is 9.84. The van der Waals surface area contributed by atoms with Crippen molar-refractivity contribution < 1.29 is 9.53 Å². The van der Waals surface area contributed by atoms with Crippen molar-refractivity contribution in [1.29, 1.82) is 0 Å². The number of ether oxygens (including phenoxy) is 1. The number of hydrogen-bond acceptors (Lipinski definition) is 2. The van der Waals surface area contributed by atoms with Crippen LogP contribution in [0.5, 0.6) is 0 Å². The summed E-state index contributed by atoms with van der Waals surface area (Å²) in [7, 11) is 0. The van der Waals surface area contributed by atoms with E-state index in [2.05, 4.69) is 38.4 Å². The molecule has 2 atom stereocenters. The van der Waals surface area contributed by atoms with Crippen molar-refractivity contribution in [2.75, 3.05) is 0 Å². The minimum absolute atomic E-state index is 0.0462. The minimum atomic E-state index is -0.130. The third-order valence-electron chi connectivity index (χ3n) is 1.90. The second-order valence-electron chi connectivity index (χ2n) is 2.88. The summed E-state index contributed by atoms with van der Waals surface area (Å²) in [6, 6.07) is 0. The first-order chi connectivity index (χ1) is 6.13. The number of carbonyl (C=O) groups is 1. The van der Waals surface area contributed by atoms with Crippen LogP contribution in [0.4, 0.5) is 0 Å². The van der Waals surface area contributed by atoms with Gasteiger partial charge in [-0.05, 0) is 31.9 Å². The molecule has 0 aromatic carbocycles. The van der Waals surface area contributed by atoms with Crippen molar-refractivity contribution in [2.24, 2.45) is 5.92 Å². The van der Waals surface area contributed by atoms with E-state index < -0.39 is 0 Å². The standard InChI is InChI=1S/C9H10Br2O2/c1-2-3-7-6(4-8(10)11)5-9(12)13-7/h2,4,6-7H,1,3,5H2/t6-,7+/m1/s1. The lowest BCUT2D eigenvalue weighted by Gasteiger charge is -2.11. The molecule has 1 aliphatic heterocycles. The molecule has 72 valence electrons. The van der Waals surface area contributed by atoms with Crippen LogP contribution in [0, 0.1) is 5.92 Å². The van der Waals surface area contributed by atoms with Gasteiger partial charge in [-0.3, -0.25) is 4.79 Å². The highest BCUT2D eigenvalue weighted by Gasteiger charge is 2.32. The van der Waals surface area contributed by atoms with Crippen LogP contribution in [0.3, 0.4) is 0 Å². The van der Waals surface area contributed by atoms with Gasteiger partial charge in [-0.15, -0.1) is 6.58 Å². The summed E-state index contributed by atoms with van der Waals surface area (Å²) < 4.78 is 5.98. The van der Waals surface area contributed by atoms with Crippen molar-refractivity contribution in [2.45, 2.75) is 18.9 Å². The largest absolute Gasteiger partial charge is 0.461 e. The zero-order valence-electron chi connectivity index (χ0n) is 7.00. The molecule has 4 heteroatoms. The first-order valence-electron chi connectivity index (χ1n) is 3.96. The fourth-order valence-corrected chi connectivity index (χ4v) is 2.02. The Labute approximate surface area is 94.3 Å². The molecule has 0 amide bonds. The molecule has 13 heavy (non-hydrogen) atoms. The van der Waals surface area contributed by atoms with Gasteiger partial charge >= 0.3 is 5.97 Å². The first-order valence-corrected chi connectivity index (χ1v) is 5.55. The van der Waals surface area contributed by atoms with E-state index in [1.807, 2.05) is 6.08 Å². The maximum Gasteiger partial charge on any atom is 0.306 e. The van der Waals surface area contributed by atoms with E-state index in [0.717, 1.165) is 3.39 Å². The Morgan fingerprint density at radius 1 is 1.69 bits per heavy atom. The van der Waals surface area contributed by atoms with Gasteiger partial charge in [0, 0.05) is 12.3 Å². The van der Waals surface area contributed by atoms with Crippen LogP contribution in [0.2, 0.25) is 0 Å². The number of cyclic esters (lactones) is 1. The van der Waals surface area contributed by atoms with Crippen molar-refractivity contribution in [3.8, 4) is 0 Å². The second-order valence-corrected chi connectivity index (χ2v) is 5.65. The predicted octanol–water partition coefficient (Wildman–Crippen LogP) is 3.13. The highest BCUT2D eigenvalue weighted by molar-refractivity contribution is 9.28. The average molecular weight is 310 g/mol. The number of halogens is 2. The monoisotopic (exact) mass is 308 g/mol. The van der Waals surface area contributed by atoms with Crippen molar-refractivity contribution in [1.82, 2.24) is 0 Å². The van der Waals surface area contributed by atoms with Crippen LogP contribution in [0.1, 0.15) is 12.8 Å². The summed E-state index contributed by atoms with van der Waals surface area (Å²) >= 11 is 6.54. The Kier molecular flexibility index (Phi) is 4.19. The van der Waals surface area contributed by atoms with Crippen LogP contribution in [-0.2, 0) is 9.53 Å². The van der Waals surface area contributed by atoms with Gasteiger partial charge in [0.2, 0.25) is 0 Å². The van der Waals surface area contributed by atoms with Crippen LogP contribution in [0.15, 0.2) is 22.1 Å². The highest BCUT2D eigenvalue weighted by atomic mass is 79.9. The smallest absolute Gasteiger partial charge is 0.306 e. The maximum absolute atomic E-state index is 11.0. The van der Waals surface area contributed by atoms with Crippen LogP contribution < -0.4 is 0 Å². The van der Waals surface area contributed by atoms with E-state index in [0.29, 0.717) is 12.8 Å². The van der Waals surface area contributed by atoms with Crippen LogP contribution in [0.25, 0.3) is 0 Å². The van der Waals surface area contributed by atoms with Gasteiger partial charge in [0.05, 0.1) is 9.81 Å². The summed E-state index contributed by atoms with van der Waals surface area (Å²) in [5.74, 6) is 0.0219. The average Bonchev–Trinajstić information content (AvgIpc) is 2.31. The van der Waals surface area contributed by atoms with Gasteiger partial charge in [-0.25, -0.2) is 0 Å². The Morgan fingerprint density at radius 2 is 2.38 bits per heavy atom. The highest BCUT2D eigenvalue weighted by Crippen LogP contribution is 2.29. The summed E-state index contributed by atoms with van der Waals surface area (Å²) in [5.41, 5.74) is 0. The molecule has 1 heterocycles. The number of hydrogen-bond donors (Lipinski definition) is 0. The Bertz CT molecular complexity index is 244. The molecular weight excluding hydrogens is 300 g/mol. The summed E-state index contributed by atoms with van der Waals surface area (Å²) in [4.78, 5) is 11.0. The lowest BCUT2D eigenvalue weighted by atomic mass is 9.99. The second kappa shape index (κ2) is 4.96. The molecule has 0 aromatic heterocycles. The van der Waals surface area contributed by atoms with Crippen molar-refractivity contribution >= 4 is 37.8 Å². The van der Waals surface area contributed by atoms with Gasteiger partial charge < -0.3 is 4.74 Å². The predicted molar refractivity (Wildman–Crippen MR) is 58.7 cm³/mol. The van der Waals surface area contributed by atoms with Crippen molar-refractivity contribution in [3.05, 3.63) is 22.1 Å². The molecule has 0 saturated carbocycles. The molecule has 0 aliphatic carbocycles. The Morgan fingerprint density at radius 3 is 2.92 bits per heavy atom. The topological polar surface area (TPSA) is 26.3 Å². The zero-order valence-corrected chi connectivity index (χ0v) is 10.2. The van der Waals surface area contributed by atoms with E-state index in [1.54, 1.807) is 6.08 Å². The lowest BCUT2D eigenvalue weighted by molar-refractivity contribution is -0.141. The molecule has 0 spiro atoms. The molecule has 0 bridgehead atoms. The molecule has 2 nitrogen and oxygen atoms in total. The SMILES string of the molecule is C=CC[C@@H]1OC(=O)C[C@H]1C=C(Br)Br. The fraction of sp³-hybridized carbons (Fsp3) is 0.444. The van der Waals surface area contributed by atoms with Crippen LogP contribution >= 0.6 is 31.9 Å². The normalized spacial score (nSPS) is 26.8. The van der Waals surface area contributed by atoms with Gasteiger partial charge in [0.1, 0.15) is 6.10 Å². The van der Waals surface area contributed by atoms with Gasteiger partial charge in [0.15, 0.2) is 0 Å². The molecule has 0 unspecified atom stereocenters. The molecule has 0 radical (unpaired) electrons. The summed E-state index contributed by atoms with van der Waals surface area (Å²) in [6.45, 7) is 3.63. The number of esters is 1. The Hall–Kier alpha value is -0.0900. The molecule has 0 aromatic rings. The van der Waals surface area contributed by atoms with Crippen molar-refractivity contribution in [3.63, 3.8) is 0 Å². The maximum atomic E-state index is 11.0. The minimum Gasteiger partial charge on any atom is -0.461 e. The number of carbonyl (C=O) groups excluding carboxylic acids is 1. The Balaban J connectivity index is 2.65. The summed E-state index contributed by atoms with van der Waals surface area (Å²) in [5, 5.41) is 0. The van der Waals surface area contributed by atoms with E-state index in [9.17, 15) is 4.79 Å². The fourth-order valence-electron chi connectivity index (χ4n) is 1.34. The van der Waals surface area contributed by atoms with E-state index in [-0.39, 0.29) is 18.0 Å². The molecule has 1 aliphatic rings. The van der Waals surface area contributed by atoms with E-state index in [1.165, 1.54) is 0 Å². The third-order valence-corrected chi connectivity index (χ3v) is 2.43. The molecule has 0 N–H and O–H groups in total. The van der Waals surface area contributed by atoms with Gasteiger partial charge in [-0.2, -0.15) is 0 Å². The van der Waals surface area contributed by atoms with Gasteiger partial charge in [0.25, 0.3) is 0 Å². The van der Waals surface area contributed by atoms with Gasteiger partial charge in [-0.1, -0.05) is 12.2 Å². The summed E-state index contributed by atoms with van der Waals surface area (Å²) in [6.07, 6.45) is 4.83. The molecule has 1 saturated heterocycles. The van der Waals surface area contributed by atoms with Crippen LogP contribution in [-0.4, -0.2) is 12.1 Å². The lowest BCUT2D eigenvalue weighted by Crippen LogP contribution is -2.12. The number of rotatable bonds is 3. The van der Waals surface area contributed by atoms with E-state index in [4.69, 9.17) is 4.74 Å².